The minimum Gasteiger partial charge on any atom is -0.466 e. The number of carbonyl (C=O) groups is 2. The van der Waals surface area contributed by atoms with E-state index in [9.17, 15) is 9.59 Å². The number of rotatable bonds is 6. The molecule has 0 aliphatic carbocycles. The van der Waals surface area contributed by atoms with Crippen molar-refractivity contribution in [1.82, 2.24) is 4.98 Å². The number of esters is 2. The molecule has 6 nitrogen and oxygen atoms in total. The number of thiazole rings is 1. The van der Waals surface area contributed by atoms with Crippen molar-refractivity contribution in [3.05, 3.63) is 71.8 Å². The number of hydrogen-bond donors (Lipinski definition) is 1. The summed E-state index contributed by atoms with van der Waals surface area (Å²) < 4.78 is 9.24. The highest BCUT2D eigenvalue weighted by Gasteiger charge is 2.13. The molecule has 0 radical (unpaired) electrons. The average Bonchev–Trinajstić information content (AvgIpc) is 3.24. The molecule has 0 amide bonds. The van der Waals surface area contributed by atoms with Gasteiger partial charge in [-0.15, -0.1) is 11.3 Å². The fourth-order valence-electron chi connectivity index (χ4n) is 2.43. The molecule has 0 bridgehead atoms. The van der Waals surface area contributed by atoms with Crippen molar-refractivity contribution in [2.45, 2.75) is 0 Å². The molecule has 0 aliphatic heterocycles. The third-order valence-corrected chi connectivity index (χ3v) is 4.74. The Bertz CT molecular complexity index is 995. The van der Waals surface area contributed by atoms with Gasteiger partial charge in [0.15, 0.2) is 0 Å². The Kier molecular flexibility index (Phi) is 6.18. The molecule has 28 heavy (non-hydrogen) atoms. The number of methoxy groups -OCH3 is 2. The Morgan fingerprint density at radius 3 is 2.32 bits per heavy atom. The van der Waals surface area contributed by atoms with E-state index in [1.165, 1.54) is 14.2 Å². The first-order valence-electron chi connectivity index (χ1n) is 8.37. The van der Waals surface area contributed by atoms with E-state index in [-0.39, 0.29) is 5.70 Å². The zero-order valence-electron chi connectivity index (χ0n) is 15.3. The maximum atomic E-state index is 11.8. The van der Waals surface area contributed by atoms with Gasteiger partial charge in [-0.25, -0.2) is 14.6 Å². The van der Waals surface area contributed by atoms with Gasteiger partial charge < -0.3 is 14.8 Å². The molecule has 1 N–H and O–H groups in total. The Balaban J connectivity index is 1.78. The van der Waals surface area contributed by atoms with Gasteiger partial charge in [-0.1, -0.05) is 42.5 Å². The van der Waals surface area contributed by atoms with Crippen LogP contribution in [0.25, 0.3) is 21.8 Å². The van der Waals surface area contributed by atoms with Gasteiger partial charge in [-0.3, -0.25) is 0 Å². The number of benzene rings is 2. The van der Waals surface area contributed by atoms with Crippen LogP contribution in [0.3, 0.4) is 0 Å². The molecule has 0 saturated heterocycles. The van der Waals surface area contributed by atoms with E-state index in [4.69, 9.17) is 0 Å². The van der Waals surface area contributed by atoms with Crippen LogP contribution in [0.1, 0.15) is 0 Å². The molecule has 1 aromatic heterocycles. The van der Waals surface area contributed by atoms with Crippen LogP contribution in [0.15, 0.2) is 71.8 Å². The Morgan fingerprint density at radius 2 is 1.68 bits per heavy atom. The molecular formula is C21H18N2O4S. The second kappa shape index (κ2) is 8.96. The molecule has 142 valence electrons. The Hall–Kier alpha value is -3.45. The van der Waals surface area contributed by atoms with Gasteiger partial charge in [0, 0.05) is 22.2 Å². The van der Waals surface area contributed by atoms with Crippen molar-refractivity contribution in [1.29, 1.82) is 0 Å². The van der Waals surface area contributed by atoms with Crippen LogP contribution >= 0.6 is 11.3 Å². The number of nitrogens with one attached hydrogen (secondary N) is 1. The Morgan fingerprint density at radius 1 is 0.964 bits per heavy atom. The highest BCUT2D eigenvalue weighted by atomic mass is 32.1. The van der Waals surface area contributed by atoms with Crippen LogP contribution in [0.4, 0.5) is 5.69 Å². The summed E-state index contributed by atoms with van der Waals surface area (Å²) in [6.07, 6.45) is 1.05. The zero-order chi connectivity index (χ0) is 19.9. The second-order valence-corrected chi connectivity index (χ2v) is 6.54. The minimum atomic E-state index is -0.665. The highest BCUT2D eigenvalue weighted by molar-refractivity contribution is 7.13. The predicted octanol–water partition coefficient (Wildman–Crippen LogP) is 4.12. The van der Waals surface area contributed by atoms with Crippen LogP contribution in [0, 0.1) is 0 Å². The molecule has 3 aromatic rings. The maximum Gasteiger partial charge on any atom is 0.354 e. The van der Waals surface area contributed by atoms with E-state index in [2.05, 4.69) is 19.8 Å². The molecular weight excluding hydrogens is 376 g/mol. The molecule has 2 aromatic carbocycles. The van der Waals surface area contributed by atoms with Crippen molar-refractivity contribution in [2.24, 2.45) is 0 Å². The lowest BCUT2D eigenvalue weighted by molar-refractivity contribution is -0.138. The van der Waals surface area contributed by atoms with Crippen molar-refractivity contribution in [3.8, 4) is 21.8 Å². The summed E-state index contributed by atoms with van der Waals surface area (Å²) in [6.45, 7) is 0. The van der Waals surface area contributed by atoms with Gasteiger partial charge in [0.05, 0.1) is 26.0 Å². The van der Waals surface area contributed by atoms with Gasteiger partial charge in [0.1, 0.15) is 10.7 Å². The molecule has 3 rings (SSSR count). The van der Waals surface area contributed by atoms with E-state index in [0.717, 1.165) is 27.9 Å². The lowest BCUT2D eigenvalue weighted by atomic mass is 10.1. The normalized spacial score (nSPS) is 11.0. The van der Waals surface area contributed by atoms with E-state index in [1.54, 1.807) is 23.5 Å². The van der Waals surface area contributed by atoms with E-state index in [0.29, 0.717) is 5.69 Å². The first-order valence-corrected chi connectivity index (χ1v) is 9.25. The average molecular weight is 394 g/mol. The number of nitrogens with zero attached hydrogens (tertiary/aromatic N) is 1. The standard InChI is InChI=1S/C21H18N2O4S/c1-26-19(24)12-17(21(25)27-2)22-16-10-8-14(9-11-16)18-13-28-20(23-18)15-6-4-3-5-7-15/h3-13,22H,1-2H3/b17-12+. The molecule has 7 heteroatoms. The van der Waals surface area contributed by atoms with Gasteiger partial charge in [-0.05, 0) is 12.1 Å². The van der Waals surface area contributed by atoms with Gasteiger partial charge in [-0.2, -0.15) is 0 Å². The summed E-state index contributed by atoms with van der Waals surface area (Å²) in [6, 6.07) is 17.4. The van der Waals surface area contributed by atoms with Crippen LogP contribution < -0.4 is 5.32 Å². The molecule has 0 unspecified atom stereocenters. The summed E-state index contributed by atoms with van der Waals surface area (Å²) in [4.78, 5) is 27.9. The number of ether oxygens (including phenoxy) is 2. The highest BCUT2D eigenvalue weighted by Crippen LogP contribution is 2.29. The molecule has 1 heterocycles. The quantitative estimate of drug-likeness (QED) is 0.501. The van der Waals surface area contributed by atoms with Crippen molar-refractivity contribution >= 4 is 29.0 Å². The summed E-state index contributed by atoms with van der Waals surface area (Å²) in [5.74, 6) is -1.32. The monoisotopic (exact) mass is 394 g/mol. The summed E-state index contributed by atoms with van der Waals surface area (Å²) in [5.41, 5.74) is 3.51. The van der Waals surface area contributed by atoms with Gasteiger partial charge >= 0.3 is 11.9 Å². The van der Waals surface area contributed by atoms with Crippen LogP contribution in [0.5, 0.6) is 0 Å². The van der Waals surface area contributed by atoms with Gasteiger partial charge in [0.2, 0.25) is 0 Å². The van der Waals surface area contributed by atoms with Crippen molar-refractivity contribution < 1.29 is 19.1 Å². The first-order chi connectivity index (χ1) is 13.6. The van der Waals surface area contributed by atoms with Crippen LogP contribution in [0.2, 0.25) is 0 Å². The zero-order valence-corrected chi connectivity index (χ0v) is 16.2. The lowest BCUT2D eigenvalue weighted by Crippen LogP contribution is -2.15. The summed E-state index contributed by atoms with van der Waals surface area (Å²) >= 11 is 1.58. The first kappa shape index (κ1) is 19.3. The Labute approximate surface area is 166 Å². The third-order valence-electron chi connectivity index (χ3n) is 3.85. The molecule has 0 fully saturated rings. The topological polar surface area (TPSA) is 77.5 Å². The number of anilines is 1. The molecule has 0 aliphatic rings. The van der Waals surface area contributed by atoms with Crippen LogP contribution in [-0.4, -0.2) is 31.1 Å². The predicted molar refractivity (Wildman–Crippen MR) is 109 cm³/mol. The molecule has 0 spiro atoms. The molecule has 0 saturated carbocycles. The molecule has 0 atom stereocenters. The number of carbonyl (C=O) groups excluding carboxylic acids is 2. The summed E-state index contributed by atoms with van der Waals surface area (Å²) in [5, 5.41) is 5.83. The largest absolute Gasteiger partial charge is 0.466 e. The van der Waals surface area contributed by atoms with E-state index >= 15 is 0 Å². The minimum absolute atomic E-state index is 0.0119. The van der Waals surface area contributed by atoms with E-state index < -0.39 is 11.9 Å². The van der Waals surface area contributed by atoms with Gasteiger partial charge in [0.25, 0.3) is 0 Å². The fraction of sp³-hybridized carbons (Fsp3) is 0.0952. The third kappa shape index (κ3) is 4.63. The number of hydrogen-bond acceptors (Lipinski definition) is 7. The summed E-state index contributed by atoms with van der Waals surface area (Å²) in [7, 11) is 2.48. The van der Waals surface area contributed by atoms with Crippen molar-refractivity contribution in [3.63, 3.8) is 0 Å². The van der Waals surface area contributed by atoms with Crippen molar-refractivity contribution in [2.75, 3.05) is 19.5 Å². The second-order valence-electron chi connectivity index (χ2n) is 5.68. The smallest absolute Gasteiger partial charge is 0.354 e. The lowest BCUT2D eigenvalue weighted by Gasteiger charge is -2.09. The SMILES string of the molecule is COC(=O)/C=C(/Nc1ccc(-c2csc(-c3ccccc3)n2)cc1)C(=O)OC. The maximum absolute atomic E-state index is 11.8. The number of aromatic nitrogens is 1. The fourth-order valence-corrected chi connectivity index (χ4v) is 3.27. The van der Waals surface area contributed by atoms with E-state index in [1.807, 2.05) is 47.8 Å². The van der Waals surface area contributed by atoms with Crippen LogP contribution in [-0.2, 0) is 19.1 Å².